The largest absolute Gasteiger partial charge is 0.510 e. The zero-order valence-electron chi connectivity index (χ0n) is 17.9. The van der Waals surface area contributed by atoms with Gasteiger partial charge in [0, 0.05) is 23.0 Å². The fraction of sp³-hybridized carbons (Fsp3) is 0.391. The van der Waals surface area contributed by atoms with Crippen LogP contribution in [0.4, 0.5) is 0 Å². The Morgan fingerprint density at radius 3 is 2.41 bits per heavy atom. The average molecular weight is 442 g/mol. The van der Waals surface area contributed by atoms with Crippen LogP contribution < -0.4 is 5.73 Å². The number of likely N-dealkylation sites (N-methyl/N-ethyl adjacent to an activating group) is 1. The number of aliphatic hydroxyl groups is 4. The van der Waals surface area contributed by atoms with E-state index in [0.29, 0.717) is 5.56 Å². The van der Waals surface area contributed by atoms with Crippen molar-refractivity contribution in [3.05, 3.63) is 64.1 Å². The molecule has 32 heavy (non-hydrogen) atoms. The van der Waals surface area contributed by atoms with Gasteiger partial charge in [-0.3, -0.25) is 14.5 Å². The number of nitrogens with zero attached hydrogens (tertiary/aromatic N) is 1. The average Bonchev–Trinajstić information content (AvgIpc) is 2.70. The minimum absolute atomic E-state index is 0.0221. The van der Waals surface area contributed by atoms with E-state index in [2.05, 4.69) is 6.58 Å². The van der Waals surface area contributed by atoms with E-state index in [1.54, 1.807) is 33.2 Å². The minimum atomic E-state index is -2.45. The SMILES string of the molecule is C=C1C(C(N)=O)=C(O)C(N(C)C)C2C(O)C3C(=C(O)C12O)C(=O)c1c(O)cccc1C3C. The van der Waals surface area contributed by atoms with Gasteiger partial charge in [0.1, 0.15) is 17.3 Å². The molecule has 6 unspecified atom stereocenters. The molecule has 0 aliphatic heterocycles. The third-order valence-corrected chi connectivity index (χ3v) is 7.18. The number of aromatic hydroxyl groups is 1. The van der Waals surface area contributed by atoms with E-state index < -0.39 is 69.9 Å². The lowest BCUT2D eigenvalue weighted by atomic mass is 9.54. The van der Waals surface area contributed by atoms with Gasteiger partial charge in [-0.25, -0.2) is 0 Å². The van der Waals surface area contributed by atoms with Crippen molar-refractivity contribution in [3.63, 3.8) is 0 Å². The molecule has 6 atom stereocenters. The van der Waals surface area contributed by atoms with E-state index in [9.17, 15) is 35.1 Å². The van der Waals surface area contributed by atoms with Crippen LogP contribution in [0.25, 0.3) is 0 Å². The second kappa shape index (κ2) is 6.93. The zero-order valence-corrected chi connectivity index (χ0v) is 17.9. The summed E-state index contributed by atoms with van der Waals surface area (Å²) in [4.78, 5) is 27.0. The van der Waals surface area contributed by atoms with Crippen LogP contribution >= 0.6 is 0 Å². The van der Waals surface area contributed by atoms with Gasteiger partial charge in [0.2, 0.25) is 0 Å². The first kappa shape index (κ1) is 22.1. The van der Waals surface area contributed by atoms with E-state index in [0.717, 1.165) is 0 Å². The van der Waals surface area contributed by atoms with Crippen LogP contribution in [-0.4, -0.2) is 74.0 Å². The van der Waals surface area contributed by atoms with Crippen molar-refractivity contribution >= 4 is 11.7 Å². The zero-order chi connectivity index (χ0) is 23.9. The molecule has 0 saturated carbocycles. The van der Waals surface area contributed by atoms with Gasteiger partial charge in [0.25, 0.3) is 5.91 Å². The van der Waals surface area contributed by atoms with Crippen LogP contribution in [0.2, 0.25) is 0 Å². The summed E-state index contributed by atoms with van der Waals surface area (Å²) in [5.74, 6) is -6.09. The number of benzene rings is 1. The van der Waals surface area contributed by atoms with Crippen molar-refractivity contribution in [2.45, 2.75) is 30.6 Å². The summed E-state index contributed by atoms with van der Waals surface area (Å²) >= 11 is 0. The molecule has 1 aromatic rings. The van der Waals surface area contributed by atoms with Crippen molar-refractivity contribution < 1.29 is 35.1 Å². The number of carbonyl (C=O) groups excluding carboxylic acids is 2. The highest BCUT2D eigenvalue weighted by molar-refractivity contribution is 6.14. The number of phenols is 1. The Labute approximate surface area is 184 Å². The molecule has 9 nitrogen and oxygen atoms in total. The molecular weight excluding hydrogens is 416 g/mol. The molecule has 3 aliphatic rings. The number of rotatable bonds is 2. The molecule has 0 aromatic heterocycles. The highest BCUT2D eigenvalue weighted by atomic mass is 16.3. The first-order valence-electron chi connectivity index (χ1n) is 10.2. The topological polar surface area (TPSA) is 165 Å². The molecule has 3 aliphatic carbocycles. The molecule has 9 heteroatoms. The summed E-state index contributed by atoms with van der Waals surface area (Å²) in [6, 6.07) is 3.47. The Morgan fingerprint density at radius 1 is 1.22 bits per heavy atom. The molecule has 0 saturated heterocycles. The smallest absolute Gasteiger partial charge is 0.252 e. The monoisotopic (exact) mass is 442 g/mol. The molecule has 0 fully saturated rings. The Balaban J connectivity index is 2.06. The van der Waals surface area contributed by atoms with Gasteiger partial charge in [0.05, 0.1) is 23.3 Å². The van der Waals surface area contributed by atoms with Gasteiger partial charge < -0.3 is 31.3 Å². The summed E-state index contributed by atoms with van der Waals surface area (Å²) < 4.78 is 0. The number of aliphatic hydroxyl groups excluding tert-OH is 3. The lowest BCUT2D eigenvalue weighted by Gasteiger charge is -2.55. The first-order chi connectivity index (χ1) is 14.9. The quantitative estimate of drug-likeness (QED) is 0.388. The van der Waals surface area contributed by atoms with Gasteiger partial charge in [-0.05, 0) is 31.6 Å². The molecule has 1 aromatic carbocycles. The van der Waals surface area contributed by atoms with Gasteiger partial charge in [-0.15, -0.1) is 0 Å². The highest BCUT2D eigenvalue weighted by Crippen LogP contribution is 2.57. The van der Waals surface area contributed by atoms with E-state index in [-0.39, 0.29) is 16.9 Å². The third kappa shape index (κ3) is 2.49. The number of hydrogen-bond acceptors (Lipinski definition) is 8. The number of fused-ring (bicyclic) bond motifs is 3. The number of amides is 1. The third-order valence-electron chi connectivity index (χ3n) is 7.18. The first-order valence-corrected chi connectivity index (χ1v) is 10.2. The van der Waals surface area contributed by atoms with Crippen LogP contribution in [0.1, 0.15) is 28.8 Å². The fourth-order valence-electron chi connectivity index (χ4n) is 5.74. The van der Waals surface area contributed by atoms with Gasteiger partial charge in [-0.2, -0.15) is 0 Å². The van der Waals surface area contributed by atoms with Crippen LogP contribution in [0, 0.1) is 11.8 Å². The standard InChI is InChI=1S/C23H26N2O7/c1-8-10-6-5-7-11(26)14(10)18(27)15-12(8)19(28)16-17(25(3)4)20(29)13(22(24)31)9(2)23(16,32)21(15)30/h5-8,12,16-17,19,26,28-30,32H,2H2,1,3-4H3,(H2,24,31). The van der Waals surface area contributed by atoms with Crippen molar-refractivity contribution in [3.8, 4) is 5.75 Å². The van der Waals surface area contributed by atoms with E-state index in [1.807, 2.05) is 0 Å². The van der Waals surface area contributed by atoms with E-state index in [1.165, 1.54) is 11.0 Å². The maximum atomic E-state index is 13.4. The Morgan fingerprint density at radius 2 is 1.84 bits per heavy atom. The minimum Gasteiger partial charge on any atom is -0.510 e. The molecule has 0 bridgehead atoms. The number of ketones is 1. The molecular formula is C23H26N2O7. The van der Waals surface area contributed by atoms with Crippen molar-refractivity contribution in [1.82, 2.24) is 4.90 Å². The van der Waals surface area contributed by atoms with Gasteiger partial charge in [0.15, 0.2) is 11.4 Å². The van der Waals surface area contributed by atoms with Crippen LogP contribution in [-0.2, 0) is 4.79 Å². The lowest BCUT2D eigenvalue weighted by molar-refractivity contribution is -0.121. The Bertz CT molecular complexity index is 1140. The fourth-order valence-corrected chi connectivity index (χ4v) is 5.74. The molecule has 170 valence electrons. The molecule has 1 amide bonds. The molecule has 4 rings (SSSR count). The van der Waals surface area contributed by atoms with Gasteiger partial charge in [-0.1, -0.05) is 25.6 Å². The summed E-state index contributed by atoms with van der Waals surface area (Å²) in [5.41, 5.74) is 2.31. The van der Waals surface area contributed by atoms with Crippen LogP contribution in [0.5, 0.6) is 5.75 Å². The summed E-state index contributed by atoms with van der Waals surface area (Å²) in [7, 11) is 3.14. The van der Waals surface area contributed by atoms with Crippen LogP contribution in [0.3, 0.4) is 0 Å². The Hall–Kier alpha value is -3.14. The predicted molar refractivity (Wildman–Crippen MR) is 114 cm³/mol. The number of carbonyl (C=O) groups is 2. The van der Waals surface area contributed by atoms with Crippen molar-refractivity contribution in [2.24, 2.45) is 17.6 Å². The van der Waals surface area contributed by atoms with Gasteiger partial charge >= 0.3 is 0 Å². The number of primary amides is 1. The molecule has 0 heterocycles. The number of nitrogens with two attached hydrogens (primary N) is 1. The number of hydrogen-bond donors (Lipinski definition) is 6. The normalized spacial score (nSPS) is 34.4. The van der Waals surface area contributed by atoms with Crippen molar-refractivity contribution in [1.29, 1.82) is 0 Å². The number of Topliss-reactive ketones (excluding diaryl/α,β-unsaturated/α-hetero) is 1. The maximum absolute atomic E-state index is 13.4. The molecule has 0 spiro atoms. The van der Waals surface area contributed by atoms with Crippen molar-refractivity contribution in [2.75, 3.05) is 14.1 Å². The Kier molecular flexibility index (Phi) is 4.78. The molecule has 0 radical (unpaired) electrons. The second-order valence-corrected chi connectivity index (χ2v) is 8.94. The van der Waals surface area contributed by atoms with Crippen LogP contribution in [0.15, 0.2) is 53.0 Å². The summed E-state index contributed by atoms with van der Waals surface area (Å²) in [6.45, 7) is 5.43. The lowest BCUT2D eigenvalue weighted by Crippen LogP contribution is -2.65. The second-order valence-electron chi connectivity index (χ2n) is 8.94. The van der Waals surface area contributed by atoms with E-state index in [4.69, 9.17) is 5.73 Å². The highest BCUT2D eigenvalue weighted by Gasteiger charge is 2.64. The van der Waals surface area contributed by atoms with E-state index >= 15 is 0 Å². The number of phenolic OH excluding ortho intramolecular Hbond substituents is 1. The predicted octanol–water partition coefficient (Wildman–Crippen LogP) is 0.640. The molecule has 7 N–H and O–H groups in total. The maximum Gasteiger partial charge on any atom is 0.252 e. The summed E-state index contributed by atoms with van der Waals surface area (Å²) in [6.07, 6.45) is -1.43. The summed E-state index contributed by atoms with van der Waals surface area (Å²) in [5, 5.41) is 55.8.